The Morgan fingerprint density at radius 3 is 2.52 bits per heavy atom. The van der Waals surface area contributed by atoms with Gasteiger partial charge in [0.25, 0.3) is 0 Å². The summed E-state index contributed by atoms with van der Waals surface area (Å²) in [6.07, 6.45) is 2.47. The third-order valence-electron chi connectivity index (χ3n) is 4.11. The van der Waals surface area contributed by atoms with Crippen LogP contribution >= 0.6 is 0 Å². The molecule has 2 fully saturated rings. The van der Waals surface area contributed by atoms with E-state index in [4.69, 9.17) is 9.63 Å². The van der Waals surface area contributed by atoms with Crippen LogP contribution in [0.2, 0.25) is 0 Å². The zero-order valence-electron chi connectivity index (χ0n) is 11.4. The van der Waals surface area contributed by atoms with E-state index in [0.29, 0.717) is 37.1 Å². The molecule has 3 rings (SSSR count). The van der Waals surface area contributed by atoms with Crippen LogP contribution in [0.4, 0.5) is 0 Å². The van der Waals surface area contributed by atoms with Crippen molar-refractivity contribution in [3.05, 3.63) is 11.7 Å². The molecule has 1 saturated carbocycles. The van der Waals surface area contributed by atoms with Crippen molar-refractivity contribution in [2.75, 3.05) is 13.1 Å². The van der Waals surface area contributed by atoms with Crippen molar-refractivity contribution in [1.82, 2.24) is 15.0 Å². The van der Waals surface area contributed by atoms with Crippen LogP contribution in [0, 0.1) is 11.8 Å². The van der Waals surface area contributed by atoms with E-state index in [1.54, 1.807) is 0 Å². The van der Waals surface area contributed by atoms with E-state index in [2.05, 4.69) is 10.1 Å². The Bertz CT molecular complexity index is 554. The van der Waals surface area contributed by atoms with Gasteiger partial charge in [0.15, 0.2) is 5.82 Å². The molecular weight excluding hydrogens is 278 g/mol. The molecule has 2 heterocycles. The SMILES string of the molecule is O=C(O)C1CCN(Cc2noc(C3CC3)n2)CC1C(=O)O. The quantitative estimate of drug-likeness (QED) is 0.809. The summed E-state index contributed by atoms with van der Waals surface area (Å²) in [5.74, 6) is -2.26. The van der Waals surface area contributed by atoms with Crippen molar-refractivity contribution in [2.24, 2.45) is 11.8 Å². The monoisotopic (exact) mass is 295 g/mol. The van der Waals surface area contributed by atoms with E-state index >= 15 is 0 Å². The number of hydrogen-bond acceptors (Lipinski definition) is 6. The van der Waals surface area contributed by atoms with Gasteiger partial charge in [-0.15, -0.1) is 0 Å². The molecule has 8 heteroatoms. The summed E-state index contributed by atoms with van der Waals surface area (Å²) in [6.45, 7) is 1.11. The molecule has 0 aromatic carbocycles. The number of rotatable bonds is 5. The molecule has 21 heavy (non-hydrogen) atoms. The summed E-state index contributed by atoms with van der Waals surface area (Å²) < 4.78 is 5.17. The van der Waals surface area contributed by atoms with Crippen molar-refractivity contribution in [2.45, 2.75) is 31.7 Å². The number of carbonyl (C=O) groups is 2. The third-order valence-corrected chi connectivity index (χ3v) is 4.11. The Morgan fingerprint density at radius 2 is 1.90 bits per heavy atom. The molecule has 0 spiro atoms. The van der Waals surface area contributed by atoms with Crippen LogP contribution in [-0.2, 0) is 16.1 Å². The number of likely N-dealkylation sites (tertiary alicyclic amines) is 1. The first-order chi connectivity index (χ1) is 10.0. The van der Waals surface area contributed by atoms with E-state index in [-0.39, 0.29) is 6.54 Å². The van der Waals surface area contributed by atoms with Crippen molar-refractivity contribution >= 4 is 11.9 Å². The number of hydrogen-bond donors (Lipinski definition) is 2. The van der Waals surface area contributed by atoms with Gasteiger partial charge in [0, 0.05) is 12.5 Å². The van der Waals surface area contributed by atoms with E-state index in [1.165, 1.54) is 0 Å². The van der Waals surface area contributed by atoms with Crippen LogP contribution in [0.25, 0.3) is 0 Å². The van der Waals surface area contributed by atoms with Gasteiger partial charge in [-0.2, -0.15) is 4.98 Å². The van der Waals surface area contributed by atoms with E-state index in [0.717, 1.165) is 12.8 Å². The van der Waals surface area contributed by atoms with Crippen molar-refractivity contribution < 1.29 is 24.3 Å². The first-order valence-corrected chi connectivity index (χ1v) is 7.05. The Balaban J connectivity index is 1.63. The van der Waals surface area contributed by atoms with Crippen molar-refractivity contribution in [3.8, 4) is 0 Å². The van der Waals surface area contributed by atoms with Crippen LogP contribution in [0.5, 0.6) is 0 Å². The molecule has 2 unspecified atom stereocenters. The topological polar surface area (TPSA) is 117 Å². The highest BCUT2D eigenvalue weighted by Crippen LogP contribution is 2.38. The first-order valence-electron chi connectivity index (χ1n) is 7.05. The molecule has 1 aromatic rings. The second-order valence-electron chi connectivity index (χ2n) is 5.74. The van der Waals surface area contributed by atoms with Gasteiger partial charge in [-0.1, -0.05) is 5.16 Å². The lowest BCUT2D eigenvalue weighted by molar-refractivity contribution is -0.157. The average molecular weight is 295 g/mol. The first kappa shape index (κ1) is 14.0. The second kappa shape index (κ2) is 5.44. The lowest BCUT2D eigenvalue weighted by Crippen LogP contribution is -2.46. The number of carboxylic acids is 2. The zero-order valence-corrected chi connectivity index (χ0v) is 11.4. The molecule has 1 aliphatic carbocycles. The predicted octanol–water partition coefficient (Wildman–Crippen LogP) is 0.554. The fourth-order valence-electron chi connectivity index (χ4n) is 2.74. The normalized spacial score (nSPS) is 26.7. The maximum Gasteiger partial charge on any atom is 0.308 e. The minimum Gasteiger partial charge on any atom is -0.481 e. The maximum atomic E-state index is 11.2. The molecule has 1 aliphatic heterocycles. The number of piperidine rings is 1. The Morgan fingerprint density at radius 1 is 1.19 bits per heavy atom. The Hall–Kier alpha value is -1.96. The highest BCUT2D eigenvalue weighted by atomic mass is 16.5. The molecule has 1 aromatic heterocycles. The van der Waals surface area contributed by atoms with Gasteiger partial charge in [-0.25, -0.2) is 0 Å². The highest BCUT2D eigenvalue weighted by molar-refractivity contribution is 5.80. The van der Waals surface area contributed by atoms with Crippen LogP contribution in [-0.4, -0.2) is 50.3 Å². The molecule has 2 N–H and O–H groups in total. The maximum absolute atomic E-state index is 11.2. The minimum atomic E-state index is -1.07. The molecule has 114 valence electrons. The molecule has 1 saturated heterocycles. The Kier molecular flexibility index (Phi) is 3.62. The highest BCUT2D eigenvalue weighted by Gasteiger charge is 2.39. The zero-order chi connectivity index (χ0) is 15.0. The van der Waals surface area contributed by atoms with Crippen LogP contribution in [0.15, 0.2) is 4.52 Å². The molecule has 0 radical (unpaired) electrons. The molecular formula is C13H17N3O5. The van der Waals surface area contributed by atoms with Gasteiger partial charge in [-0.05, 0) is 25.8 Å². The number of nitrogens with zero attached hydrogens (tertiary/aromatic N) is 3. The summed E-state index contributed by atoms with van der Waals surface area (Å²) >= 11 is 0. The molecule has 8 nitrogen and oxygen atoms in total. The average Bonchev–Trinajstić information content (AvgIpc) is 3.19. The van der Waals surface area contributed by atoms with Crippen LogP contribution in [0.3, 0.4) is 0 Å². The fraction of sp³-hybridized carbons (Fsp3) is 0.692. The molecule has 2 aliphatic rings. The summed E-state index contributed by atoms with van der Waals surface area (Å²) in [5.41, 5.74) is 0. The van der Waals surface area contributed by atoms with Crippen molar-refractivity contribution in [3.63, 3.8) is 0 Å². The van der Waals surface area contributed by atoms with Crippen LogP contribution in [0.1, 0.15) is 36.9 Å². The van der Waals surface area contributed by atoms with Gasteiger partial charge in [0.2, 0.25) is 5.89 Å². The number of aliphatic carboxylic acids is 2. The largest absolute Gasteiger partial charge is 0.481 e. The van der Waals surface area contributed by atoms with E-state index in [1.807, 2.05) is 4.90 Å². The minimum absolute atomic E-state index is 0.194. The van der Waals surface area contributed by atoms with E-state index < -0.39 is 23.8 Å². The smallest absolute Gasteiger partial charge is 0.308 e. The third kappa shape index (κ3) is 3.05. The fourth-order valence-corrected chi connectivity index (χ4v) is 2.74. The standard InChI is InChI=1S/C13H17N3O5/c17-12(18)8-3-4-16(5-9(8)13(19)20)6-10-14-11(21-15-10)7-1-2-7/h7-9H,1-6H2,(H,17,18)(H,19,20). The Labute approximate surface area is 120 Å². The lowest BCUT2D eigenvalue weighted by atomic mass is 9.85. The summed E-state index contributed by atoms with van der Waals surface area (Å²) in [5, 5.41) is 22.2. The molecule has 0 amide bonds. The van der Waals surface area contributed by atoms with Gasteiger partial charge < -0.3 is 14.7 Å². The summed E-state index contributed by atoms with van der Waals surface area (Å²) in [7, 11) is 0. The summed E-state index contributed by atoms with van der Waals surface area (Å²) in [6, 6.07) is 0. The van der Waals surface area contributed by atoms with Gasteiger partial charge in [0.05, 0.1) is 18.4 Å². The number of carboxylic acid groups (broad SMARTS) is 2. The van der Waals surface area contributed by atoms with Gasteiger partial charge in [0.1, 0.15) is 0 Å². The predicted molar refractivity (Wildman–Crippen MR) is 68.4 cm³/mol. The van der Waals surface area contributed by atoms with E-state index in [9.17, 15) is 14.7 Å². The van der Waals surface area contributed by atoms with Crippen LogP contribution < -0.4 is 0 Å². The van der Waals surface area contributed by atoms with Gasteiger partial charge in [-0.3, -0.25) is 14.5 Å². The van der Waals surface area contributed by atoms with Gasteiger partial charge >= 0.3 is 11.9 Å². The second-order valence-corrected chi connectivity index (χ2v) is 5.74. The summed E-state index contributed by atoms with van der Waals surface area (Å²) in [4.78, 5) is 28.5. The molecule has 0 bridgehead atoms. The lowest BCUT2D eigenvalue weighted by Gasteiger charge is -2.33. The van der Waals surface area contributed by atoms with Crippen molar-refractivity contribution in [1.29, 1.82) is 0 Å². The molecule has 2 atom stereocenters. The number of aromatic nitrogens is 2.